The molecule has 0 aromatic heterocycles. The van der Waals surface area contributed by atoms with Gasteiger partial charge in [-0.05, 0) is 16.4 Å². The van der Waals surface area contributed by atoms with Crippen LogP contribution in [0.5, 0.6) is 0 Å². The van der Waals surface area contributed by atoms with Crippen molar-refractivity contribution >= 4 is 11.6 Å². The maximum atomic E-state index is 5.61. The van der Waals surface area contributed by atoms with E-state index in [1.807, 2.05) is 0 Å². The number of hydrogen-bond acceptors (Lipinski definition) is 0. The van der Waals surface area contributed by atoms with E-state index in [9.17, 15) is 0 Å². The first-order valence-electron chi connectivity index (χ1n) is 3.26. The Morgan fingerprint density at radius 3 is 1.44 bits per heavy atom. The van der Waals surface area contributed by atoms with Gasteiger partial charge in [-0.1, -0.05) is 39.3 Å². The van der Waals surface area contributed by atoms with E-state index < -0.39 is 0 Å². The quantitative estimate of drug-likeness (QED) is 0.490. The van der Waals surface area contributed by atoms with Crippen LogP contribution in [0.2, 0.25) is 0 Å². The highest BCUT2D eigenvalue weighted by Crippen LogP contribution is 2.68. The van der Waals surface area contributed by atoms with E-state index in [1.54, 1.807) is 5.54 Å². The molecular weight excluding hydrogens is 132 g/mol. The summed E-state index contributed by atoms with van der Waals surface area (Å²) >= 11 is 5.61. The van der Waals surface area contributed by atoms with Crippen molar-refractivity contribution < 1.29 is 0 Å². The Morgan fingerprint density at radius 1 is 1.11 bits per heavy atom. The average Bonchev–Trinajstić information content (AvgIpc) is 2.00. The van der Waals surface area contributed by atoms with Gasteiger partial charge in [-0.15, -0.1) is 0 Å². The van der Waals surface area contributed by atoms with Crippen LogP contribution in [-0.4, -0.2) is 0 Å². The molecule has 1 heteroatoms. The van der Waals surface area contributed by atoms with Crippen molar-refractivity contribution in [2.24, 2.45) is 10.8 Å². The van der Waals surface area contributed by atoms with Gasteiger partial charge in [-0.2, -0.15) is 0 Å². The molecule has 9 heavy (non-hydrogen) atoms. The van der Waals surface area contributed by atoms with Gasteiger partial charge in [0, 0.05) is 5.54 Å². The molecule has 0 saturated heterocycles. The number of rotatable bonds is 0. The van der Waals surface area contributed by atoms with Crippen molar-refractivity contribution in [3.05, 3.63) is 11.1 Å². The zero-order chi connectivity index (χ0) is 7.28. The molecule has 1 aliphatic rings. The first kappa shape index (κ1) is 7.14. The lowest BCUT2D eigenvalue weighted by molar-refractivity contribution is 0.457. The summed E-state index contributed by atoms with van der Waals surface area (Å²) in [6, 6.07) is 0. The van der Waals surface area contributed by atoms with Crippen molar-refractivity contribution in [2.75, 3.05) is 0 Å². The van der Waals surface area contributed by atoms with Gasteiger partial charge in [-0.25, -0.2) is 0 Å². The SMILES string of the molecule is CC1(C)C(=CCl)C1(C)C. The topological polar surface area (TPSA) is 0 Å². The highest BCUT2D eigenvalue weighted by molar-refractivity contribution is 6.26. The molecule has 1 aliphatic carbocycles. The van der Waals surface area contributed by atoms with Crippen LogP contribution in [0.1, 0.15) is 27.7 Å². The minimum absolute atomic E-state index is 0.342. The molecule has 52 valence electrons. The van der Waals surface area contributed by atoms with Crippen LogP contribution < -0.4 is 0 Å². The summed E-state index contributed by atoms with van der Waals surface area (Å²) in [5, 5.41) is 0. The van der Waals surface area contributed by atoms with Crippen LogP contribution in [-0.2, 0) is 0 Å². The maximum Gasteiger partial charge on any atom is 0.00459 e. The molecule has 0 amide bonds. The predicted molar refractivity (Wildman–Crippen MR) is 41.5 cm³/mol. The summed E-state index contributed by atoms with van der Waals surface area (Å²) in [4.78, 5) is 0. The van der Waals surface area contributed by atoms with Crippen LogP contribution in [0.25, 0.3) is 0 Å². The molecule has 0 bridgehead atoms. The Labute approximate surface area is 61.9 Å². The molecule has 0 heterocycles. The Hall–Kier alpha value is 0.0300. The van der Waals surface area contributed by atoms with Gasteiger partial charge in [0.1, 0.15) is 0 Å². The van der Waals surface area contributed by atoms with Crippen LogP contribution in [0, 0.1) is 10.8 Å². The van der Waals surface area contributed by atoms with Crippen molar-refractivity contribution in [3.8, 4) is 0 Å². The molecule has 0 aromatic carbocycles. The van der Waals surface area contributed by atoms with Crippen molar-refractivity contribution in [1.29, 1.82) is 0 Å². The fourth-order valence-corrected chi connectivity index (χ4v) is 1.89. The average molecular weight is 145 g/mol. The van der Waals surface area contributed by atoms with Crippen LogP contribution in [0.4, 0.5) is 0 Å². The first-order valence-corrected chi connectivity index (χ1v) is 3.69. The molecule has 0 aliphatic heterocycles. The molecule has 0 unspecified atom stereocenters. The number of allylic oxidation sites excluding steroid dienone is 1. The van der Waals surface area contributed by atoms with Crippen molar-refractivity contribution in [3.63, 3.8) is 0 Å². The second-order valence-corrected chi connectivity index (χ2v) is 3.99. The van der Waals surface area contributed by atoms with Gasteiger partial charge < -0.3 is 0 Å². The Morgan fingerprint density at radius 2 is 1.44 bits per heavy atom. The molecule has 0 radical (unpaired) electrons. The van der Waals surface area contributed by atoms with Gasteiger partial charge in [0.15, 0.2) is 0 Å². The standard InChI is InChI=1S/C8H13Cl/c1-7(2)6(5-9)8(7,3)4/h5H,1-4H3. The Kier molecular flexibility index (Phi) is 1.23. The van der Waals surface area contributed by atoms with E-state index in [1.165, 1.54) is 5.57 Å². The lowest BCUT2D eigenvalue weighted by atomic mass is 10.0. The summed E-state index contributed by atoms with van der Waals surface area (Å²) in [5.74, 6) is 0. The van der Waals surface area contributed by atoms with Crippen molar-refractivity contribution in [1.82, 2.24) is 0 Å². The van der Waals surface area contributed by atoms with Crippen molar-refractivity contribution in [2.45, 2.75) is 27.7 Å². The second kappa shape index (κ2) is 1.54. The third kappa shape index (κ3) is 0.660. The molecular formula is C8H13Cl. The minimum atomic E-state index is 0.342. The maximum absolute atomic E-state index is 5.61. The minimum Gasteiger partial charge on any atom is -0.0930 e. The Bertz CT molecular complexity index is 147. The van der Waals surface area contributed by atoms with E-state index in [-0.39, 0.29) is 0 Å². The van der Waals surface area contributed by atoms with E-state index in [4.69, 9.17) is 11.6 Å². The van der Waals surface area contributed by atoms with Gasteiger partial charge in [-0.3, -0.25) is 0 Å². The fourth-order valence-electron chi connectivity index (χ4n) is 1.35. The smallest absolute Gasteiger partial charge is 0.00459 e. The highest BCUT2D eigenvalue weighted by atomic mass is 35.5. The molecule has 1 saturated carbocycles. The fraction of sp³-hybridized carbons (Fsp3) is 0.750. The molecule has 0 spiro atoms. The van der Waals surface area contributed by atoms with Gasteiger partial charge >= 0.3 is 0 Å². The Balaban J connectivity index is 2.91. The summed E-state index contributed by atoms with van der Waals surface area (Å²) < 4.78 is 0. The zero-order valence-corrected chi connectivity index (χ0v) is 7.21. The largest absolute Gasteiger partial charge is 0.0930 e. The summed E-state index contributed by atoms with van der Waals surface area (Å²) in [6.45, 7) is 8.89. The van der Waals surface area contributed by atoms with Crippen LogP contribution in [0.15, 0.2) is 11.1 Å². The predicted octanol–water partition coefficient (Wildman–Crippen LogP) is 3.18. The van der Waals surface area contributed by atoms with Crippen LogP contribution >= 0.6 is 11.6 Å². The highest BCUT2D eigenvalue weighted by Gasteiger charge is 2.59. The third-order valence-electron chi connectivity index (χ3n) is 2.96. The monoisotopic (exact) mass is 144 g/mol. The number of halogens is 1. The molecule has 0 aromatic rings. The lowest BCUT2D eigenvalue weighted by Gasteiger charge is -2.02. The molecule has 1 fully saturated rings. The van der Waals surface area contributed by atoms with Gasteiger partial charge in [0.2, 0.25) is 0 Å². The normalized spacial score (nSPS) is 27.9. The first-order chi connectivity index (χ1) is 3.94. The van der Waals surface area contributed by atoms with E-state index in [0.29, 0.717) is 10.8 Å². The molecule has 0 atom stereocenters. The summed E-state index contributed by atoms with van der Waals surface area (Å²) in [7, 11) is 0. The molecule has 0 N–H and O–H groups in total. The van der Waals surface area contributed by atoms with Crippen LogP contribution in [0.3, 0.4) is 0 Å². The zero-order valence-electron chi connectivity index (χ0n) is 6.46. The van der Waals surface area contributed by atoms with E-state index in [0.717, 1.165) is 0 Å². The van der Waals surface area contributed by atoms with Gasteiger partial charge in [0.05, 0.1) is 0 Å². The van der Waals surface area contributed by atoms with E-state index in [2.05, 4.69) is 27.7 Å². The second-order valence-electron chi connectivity index (χ2n) is 3.77. The summed E-state index contributed by atoms with van der Waals surface area (Å²) in [5.41, 5.74) is 3.78. The molecule has 1 rings (SSSR count). The number of hydrogen-bond donors (Lipinski definition) is 0. The third-order valence-corrected chi connectivity index (χ3v) is 3.17. The van der Waals surface area contributed by atoms with E-state index >= 15 is 0 Å². The molecule has 0 nitrogen and oxygen atoms in total. The summed E-state index contributed by atoms with van der Waals surface area (Å²) in [6.07, 6.45) is 0. The lowest BCUT2D eigenvalue weighted by Crippen LogP contribution is -1.95. The van der Waals surface area contributed by atoms with Gasteiger partial charge in [0.25, 0.3) is 0 Å².